The van der Waals surface area contributed by atoms with Gasteiger partial charge in [0.05, 0.1) is 10.0 Å². The Bertz CT molecular complexity index is 573. The van der Waals surface area contributed by atoms with E-state index in [0.29, 0.717) is 27.5 Å². The molecule has 0 amide bonds. The van der Waals surface area contributed by atoms with E-state index in [-0.39, 0.29) is 0 Å². The Morgan fingerprint density at radius 1 is 1.06 bits per heavy atom. The Balaban J connectivity index is 2.27. The molecule has 94 valence electrons. The Morgan fingerprint density at radius 2 is 1.78 bits per heavy atom. The fourth-order valence-corrected chi connectivity index (χ4v) is 1.73. The highest BCUT2D eigenvalue weighted by Gasteiger charge is 2.03. The summed E-state index contributed by atoms with van der Waals surface area (Å²) in [6, 6.07) is 6.93. The quantitative estimate of drug-likeness (QED) is 0.596. The van der Waals surface area contributed by atoms with Crippen LogP contribution in [-0.4, -0.2) is 9.97 Å². The molecule has 0 aliphatic rings. The number of hydrogen-bond acceptors (Lipinski definition) is 5. The van der Waals surface area contributed by atoms with E-state index in [1.54, 1.807) is 31.2 Å². The Labute approximate surface area is 114 Å². The van der Waals surface area contributed by atoms with Crippen LogP contribution in [0.1, 0.15) is 5.82 Å². The molecule has 2 aromatic rings. The van der Waals surface area contributed by atoms with Crippen molar-refractivity contribution in [2.45, 2.75) is 6.92 Å². The van der Waals surface area contributed by atoms with Crippen molar-refractivity contribution in [1.82, 2.24) is 9.97 Å². The summed E-state index contributed by atoms with van der Waals surface area (Å²) < 4.78 is 0. The number of nitrogens with zero attached hydrogens (tertiary/aromatic N) is 2. The largest absolute Gasteiger partial charge is 0.340 e. The maximum absolute atomic E-state index is 5.93. The fourth-order valence-electron chi connectivity index (χ4n) is 1.43. The van der Waals surface area contributed by atoms with Crippen molar-refractivity contribution >= 4 is 40.5 Å². The summed E-state index contributed by atoms with van der Waals surface area (Å²) in [5.74, 6) is 7.07. The van der Waals surface area contributed by atoms with E-state index in [0.717, 1.165) is 5.69 Å². The van der Waals surface area contributed by atoms with Crippen molar-refractivity contribution in [2.75, 3.05) is 10.7 Å². The number of hydrogen-bond donors (Lipinski definition) is 3. The molecule has 18 heavy (non-hydrogen) atoms. The van der Waals surface area contributed by atoms with Gasteiger partial charge in [-0.25, -0.2) is 15.8 Å². The first-order valence-electron chi connectivity index (χ1n) is 5.13. The second-order valence-corrected chi connectivity index (χ2v) is 4.40. The average molecular weight is 284 g/mol. The van der Waals surface area contributed by atoms with Crippen molar-refractivity contribution in [2.24, 2.45) is 5.84 Å². The molecule has 0 bridgehead atoms. The summed E-state index contributed by atoms with van der Waals surface area (Å²) in [5, 5.41) is 4.08. The molecule has 5 nitrogen and oxygen atoms in total. The lowest BCUT2D eigenvalue weighted by molar-refractivity contribution is 1.05. The van der Waals surface area contributed by atoms with Gasteiger partial charge in [0.2, 0.25) is 0 Å². The minimum Gasteiger partial charge on any atom is -0.340 e. The molecule has 0 radical (unpaired) electrons. The van der Waals surface area contributed by atoms with E-state index in [4.69, 9.17) is 29.0 Å². The molecule has 4 N–H and O–H groups in total. The van der Waals surface area contributed by atoms with Gasteiger partial charge in [-0.2, -0.15) is 0 Å². The van der Waals surface area contributed by atoms with E-state index in [1.807, 2.05) is 0 Å². The third-order valence-electron chi connectivity index (χ3n) is 2.18. The van der Waals surface area contributed by atoms with Crippen molar-refractivity contribution in [3.05, 3.63) is 40.1 Å². The number of anilines is 3. The number of benzene rings is 1. The number of hydrazine groups is 1. The lowest BCUT2D eigenvalue weighted by atomic mass is 10.3. The highest BCUT2D eigenvalue weighted by molar-refractivity contribution is 6.42. The summed E-state index contributed by atoms with van der Waals surface area (Å²) in [4.78, 5) is 8.33. The maximum Gasteiger partial charge on any atom is 0.145 e. The molecular weight excluding hydrogens is 273 g/mol. The monoisotopic (exact) mass is 283 g/mol. The molecule has 0 aliphatic heterocycles. The van der Waals surface area contributed by atoms with Gasteiger partial charge in [-0.1, -0.05) is 23.2 Å². The summed E-state index contributed by atoms with van der Waals surface area (Å²) in [6.45, 7) is 1.78. The zero-order valence-electron chi connectivity index (χ0n) is 9.54. The molecule has 1 aromatic heterocycles. The molecule has 0 saturated heterocycles. The zero-order valence-corrected chi connectivity index (χ0v) is 11.0. The maximum atomic E-state index is 5.93. The standard InChI is InChI=1S/C11H11Cl2N5/c1-6-15-10(5-11(16-6)18-14)17-7-2-3-8(12)9(13)4-7/h2-5H,14H2,1H3,(H2,15,16,17,18). The molecule has 0 spiro atoms. The van der Waals surface area contributed by atoms with Crippen LogP contribution >= 0.6 is 23.2 Å². The van der Waals surface area contributed by atoms with Gasteiger partial charge >= 0.3 is 0 Å². The van der Waals surface area contributed by atoms with Crippen molar-refractivity contribution < 1.29 is 0 Å². The second kappa shape index (κ2) is 5.39. The van der Waals surface area contributed by atoms with Gasteiger partial charge < -0.3 is 10.7 Å². The number of halogens is 2. The van der Waals surface area contributed by atoms with E-state index in [1.165, 1.54) is 0 Å². The number of rotatable bonds is 3. The number of nitrogen functional groups attached to an aromatic ring is 1. The van der Waals surface area contributed by atoms with E-state index in [2.05, 4.69) is 20.7 Å². The molecule has 7 heteroatoms. The van der Waals surface area contributed by atoms with Crippen LogP contribution in [0.2, 0.25) is 10.0 Å². The number of nitrogens with two attached hydrogens (primary N) is 1. The lowest BCUT2D eigenvalue weighted by Crippen LogP contribution is -2.10. The molecule has 0 atom stereocenters. The summed E-state index contributed by atoms with van der Waals surface area (Å²) in [7, 11) is 0. The smallest absolute Gasteiger partial charge is 0.145 e. The zero-order chi connectivity index (χ0) is 13.1. The fraction of sp³-hybridized carbons (Fsp3) is 0.0909. The summed E-state index contributed by atoms with van der Waals surface area (Å²) in [6.07, 6.45) is 0. The van der Waals surface area contributed by atoms with Crippen LogP contribution in [0.5, 0.6) is 0 Å². The van der Waals surface area contributed by atoms with Crippen LogP contribution in [0.15, 0.2) is 24.3 Å². The second-order valence-electron chi connectivity index (χ2n) is 3.58. The van der Waals surface area contributed by atoms with Gasteiger partial charge in [0.25, 0.3) is 0 Å². The van der Waals surface area contributed by atoms with Crippen LogP contribution in [-0.2, 0) is 0 Å². The number of nitrogens with one attached hydrogen (secondary N) is 2. The minimum atomic E-state index is 0.476. The molecule has 0 aliphatic carbocycles. The summed E-state index contributed by atoms with van der Waals surface area (Å²) in [5.41, 5.74) is 3.26. The number of aryl methyl sites for hydroxylation is 1. The van der Waals surface area contributed by atoms with Crippen LogP contribution in [0.25, 0.3) is 0 Å². The lowest BCUT2D eigenvalue weighted by Gasteiger charge is -2.09. The van der Waals surface area contributed by atoms with Gasteiger partial charge in [0.15, 0.2) is 0 Å². The van der Waals surface area contributed by atoms with Gasteiger partial charge in [-0.3, -0.25) is 0 Å². The van der Waals surface area contributed by atoms with Crippen LogP contribution in [0, 0.1) is 6.92 Å². The van der Waals surface area contributed by atoms with Gasteiger partial charge in [0, 0.05) is 11.8 Å². The first-order valence-corrected chi connectivity index (χ1v) is 5.88. The van der Waals surface area contributed by atoms with Gasteiger partial charge in [0.1, 0.15) is 17.5 Å². The first kappa shape index (κ1) is 12.9. The Hall–Kier alpha value is -1.56. The third-order valence-corrected chi connectivity index (χ3v) is 2.92. The molecule has 0 fully saturated rings. The van der Waals surface area contributed by atoms with Gasteiger partial charge in [-0.05, 0) is 25.1 Å². The normalized spacial score (nSPS) is 10.2. The van der Waals surface area contributed by atoms with E-state index < -0.39 is 0 Å². The molecule has 1 heterocycles. The SMILES string of the molecule is Cc1nc(NN)cc(Nc2ccc(Cl)c(Cl)c2)n1. The Kier molecular flexibility index (Phi) is 3.86. The average Bonchev–Trinajstić information content (AvgIpc) is 2.33. The van der Waals surface area contributed by atoms with Gasteiger partial charge in [-0.15, -0.1) is 0 Å². The topological polar surface area (TPSA) is 75.9 Å². The van der Waals surface area contributed by atoms with Crippen LogP contribution in [0.4, 0.5) is 17.3 Å². The highest BCUT2D eigenvalue weighted by atomic mass is 35.5. The summed E-state index contributed by atoms with van der Waals surface area (Å²) >= 11 is 11.8. The molecule has 0 unspecified atom stereocenters. The highest BCUT2D eigenvalue weighted by Crippen LogP contribution is 2.26. The van der Waals surface area contributed by atoms with Crippen LogP contribution < -0.4 is 16.6 Å². The molecule has 0 saturated carbocycles. The molecular formula is C11H11Cl2N5. The van der Waals surface area contributed by atoms with Crippen LogP contribution in [0.3, 0.4) is 0 Å². The van der Waals surface area contributed by atoms with Crippen molar-refractivity contribution in [3.8, 4) is 0 Å². The Morgan fingerprint density at radius 3 is 2.44 bits per heavy atom. The number of aromatic nitrogens is 2. The first-order chi connectivity index (χ1) is 8.58. The third kappa shape index (κ3) is 3.01. The van der Waals surface area contributed by atoms with E-state index >= 15 is 0 Å². The molecule has 2 rings (SSSR count). The molecule has 1 aromatic carbocycles. The van der Waals surface area contributed by atoms with E-state index in [9.17, 15) is 0 Å². The predicted molar refractivity (Wildman–Crippen MR) is 74.3 cm³/mol. The van der Waals surface area contributed by atoms with Crippen molar-refractivity contribution in [3.63, 3.8) is 0 Å². The van der Waals surface area contributed by atoms with Crippen molar-refractivity contribution in [1.29, 1.82) is 0 Å². The predicted octanol–water partition coefficient (Wildman–Crippen LogP) is 3.12. The minimum absolute atomic E-state index is 0.476.